The number of nitrogens with two attached hydrogens (primary N) is 1. The number of carbonyl (C=O) groups excluding carboxylic acids is 1. The van der Waals surface area contributed by atoms with Crippen LogP contribution in [0.15, 0.2) is 59.5 Å². The molecule has 1 aliphatic rings. The minimum atomic E-state index is -3.49. The van der Waals surface area contributed by atoms with E-state index >= 15 is 0 Å². The highest BCUT2D eigenvalue weighted by Gasteiger charge is 2.30. The number of aromatic nitrogens is 1. The van der Waals surface area contributed by atoms with Gasteiger partial charge in [-0.3, -0.25) is 4.79 Å². The molecule has 0 bridgehead atoms. The number of hydrogen-bond donors (Lipinski definition) is 2. The molecule has 8 nitrogen and oxygen atoms in total. The van der Waals surface area contributed by atoms with Gasteiger partial charge in [0.05, 0.1) is 17.6 Å². The third kappa shape index (κ3) is 4.47. The maximum absolute atomic E-state index is 12.9. The molecule has 2 aromatic carbocycles. The summed E-state index contributed by atoms with van der Waals surface area (Å²) in [6.45, 7) is 0.811. The van der Waals surface area contributed by atoms with Gasteiger partial charge in [0.25, 0.3) is 0 Å². The Bertz CT molecular complexity index is 1200. The molecule has 32 heavy (non-hydrogen) atoms. The predicted molar refractivity (Wildman–Crippen MR) is 125 cm³/mol. The Morgan fingerprint density at radius 3 is 2.47 bits per heavy atom. The van der Waals surface area contributed by atoms with Gasteiger partial charge in [0.2, 0.25) is 15.8 Å². The van der Waals surface area contributed by atoms with E-state index in [1.54, 1.807) is 54.6 Å². The van der Waals surface area contributed by atoms with Crippen molar-refractivity contribution in [1.29, 1.82) is 0 Å². The standard InChI is InChI=1S/C22H24N4O4S2/c1-30-18-10-6-5-9-17(18)19(27)20-21(23)25-22(31-20)24-15-11-13-26(14-12-15)32(28,29)16-7-3-2-4-8-16/h2-10,15H,11-14,23H2,1H3,(H,24,25). The number of nitrogen functional groups attached to an aromatic ring is 1. The smallest absolute Gasteiger partial charge is 0.243 e. The number of carbonyl (C=O) groups is 1. The number of ketones is 1. The molecule has 0 amide bonds. The number of piperidine rings is 1. The fraction of sp³-hybridized carbons (Fsp3) is 0.273. The highest BCUT2D eigenvalue weighted by Crippen LogP contribution is 2.32. The monoisotopic (exact) mass is 472 g/mol. The molecule has 1 fully saturated rings. The second kappa shape index (κ2) is 9.27. The van der Waals surface area contributed by atoms with Crippen molar-refractivity contribution in [3.05, 3.63) is 65.0 Å². The van der Waals surface area contributed by atoms with Crippen LogP contribution in [0.2, 0.25) is 0 Å². The fourth-order valence-electron chi connectivity index (χ4n) is 3.67. The molecule has 1 aromatic heterocycles. The molecule has 0 unspecified atom stereocenters. The molecule has 4 rings (SSSR count). The summed E-state index contributed by atoms with van der Waals surface area (Å²) >= 11 is 1.19. The van der Waals surface area contributed by atoms with Crippen molar-refractivity contribution in [2.75, 3.05) is 31.2 Å². The fourth-order valence-corrected chi connectivity index (χ4v) is 6.07. The van der Waals surface area contributed by atoms with Crippen molar-refractivity contribution < 1.29 is 17.9 Å². The van der Waals surface area contributed by atoms with Crippen LogP contribution >= 0.6 is 11.3 Å². The lowest BCUT2D eigenvalue weighted by Gasteiger charge is -2.31. The summed E-state index contributed by atoms with van der Waals surface area (Å²) in [5.41, 5.74) is 6.46. The molecular formula is C22H24N4O4S2. The summed E-state index contributed by atoms with van der Waals surface area (Å²) in [7, 11) is -1.98. The normalized spacial score (nSPS) is 15.4. The van der Waals surface area contributed by atoms with Gasteiger partial charge in [-0.15, -0.1) is 0 Å². The molecule has 0 saturated carbocycles. The van der Waals surface area contributed by atoms with E-state index in [1.165, 1.54) is 22.8 Å². The first-order valence-electron chi connectivity index (χ1n) is 10.2. The number of para-hydroxylation sites is 1. The molecule has 0 atom stereocenters. The molecule has 0 aliphatic carbocycles. The summed E-state index contributed by atoms with van der Waals surface area (Å²) in [5, 5.41) is 3.86. The number of benzene rings is 2. The summed E-state index contributed by atoms with van der Waals surface area (Å²) in [6.07, 6.45) is 1.25. The molecule has 3 aromatic rings. The average molecular weight is 473 g/mol. The highest BCUT2D eigenvalue weighted by molar-refractivity contribution is 7.89. The van der Waals surface area contributed by atoms with Crippen LogP contribution in [0, 0.1) is 0 Å². The van der Waals surface area contributed by atoms with E-state index in [-0.39, 0.29) is 17.6 Å². The van der Waals surface area contributed by atoms with Crippen LogP contribution in [-0.2, 0) is 10.0 Å². The minimum Gasteiger partial charge on any atom is -0.496 e. The second-order valence-electron chi connectivity index (χ2n) is 7.40. The van der Waals surface area contributed by atoms with Crippen LogP contribution < -0.4 is 15.8 Å². The first-order chi connectivity index (χ1) is 15.4. The Morgan fingerprint density at radius 1 is 1.12 bits per heavy atom. The Labute approximate surface area is 191 Å². The topological polar surface area (TPSA) is 115 Å². The summed E-state index contributed by atoms with van der Waals surface area (Å²) in [4.78, 5) is 17.9. The molecule has 2 heterocycles. The zero-order valence-corrected chi connectivity index (χ0v) is 19.2. The Kier molecular flexibility index (Phi) is 6.45. The number of anilines is 2. The van der Waals surface area contributed by atoms with Crippen LogP contribution in [-0.4, -0.2) is 49.7 Å². The van der Waals surface area contributed by atoms with Gasteiger partial charge < -0.3 is 15.8 Å². The van der Waals surface area contributed by atoms with E-state index in [9.17, 15) is 13.2 Å². The molecule has 168 valence electrons. The third-order valence-electron chi connectivity index (χ3n) is 5.37. The third-order valence-corrected chi connectivity index (χ3v) is 8.29. The number of sulfonamides is 1. The Hall–Kier alpha value is -2.95. The number of methoxy groups -OCH3 is 1. The van der Waals surface area contributed by atoms with Gasteiger partial charge in [-0.2, -0.15) is 4.31 Å². The van der Waals surface area contributed by atoms with Crippen LogP contribution in [0.5, 0.6) is 5.75 Å². The van der Waals surface area contributed by atoms with Gasteiger partial charge in [0.1, 0.15) is 16.4 Å². The van der Waals surface area contributed by atoms with E-state index in [0.717, 1.165) is 0 Å². The lowest BCUT2D eigenvalue weighted by Crippen LogP contribution is -2.42. The Balaban J connectivity index is 1.42. The largest absolute Gasteiger partial charge is 0.496 e. The van der Waals surface area contributed by atoms with Crippen molar-refractivity contribution in [3.63, 3.8) is 0 Å². The van der Waals surface area contributed by atoms with E-state index < -0.39 is 10.0 Å². The molecular weight excluding hydrogens is 448 g/mol. The van der Waals surface area contributed by atoms with Gasteiger partial charge >= 0.3 is 0 Å². The maximum Gasteiger partial charge on any atom is 0.243 e. The summed E-state index contributed by atoms with van der Waals surface area (Å²) in [5.74, 6) is 0.401. The quantitative estimate of drug-likeness (QED) is 0.507. The van der Waals surface area contributed by atoms with E-state index in [4.69, 9.17) is 10.5 Å². The zero-order valence-electron chi connectivity index (χ0n) is 17.5. The van der Waals surface area contributed by atoms with E-state index in [1.807, 2.05) is 0 Å². The van der Waals surface area contributed by atoms with Crippen molar-refractivity contribution in [2.45, 2.75) is 23.8 Å². The summed E-state index contributed by atoms with van der Waals surface area (Å²) < 4.78 is 32.4. The number of nitrogens with zero attached hydrogens (tertiary/aromatic N) is 2. The Morgan fingerprint density at radius 2 is 1.78 bits per heavy atom. The van der Waals surface area contributed by atoms with Crippen molar-refractivity contribution in [2.24, 2.45) is 0 Å². The predicted octanol–water partition coefficient (Wildman–Crippen LogP) is 3.23. The first-order valence-corrected chi connectivity index (χ1v) is 12.4. The average Bonchev–Trinajstić information content (AvgIpc) is 3.19. The van der Waals surface area contributed by atoms with E-state index in [2.05, 4.69) is 10.3 Å². The van der Waals surface area contributed by atoms with Gasteiger partial charge in [-0.1, -0.05) is 41.7 Å². The maximum atomic E-state index is 12.9. The molecule has 10 heteroatoms. The van der Waals surface area contributed by atoms with Crippen LogP contribution in [0.4, 0.5) is 10.9 Å². The first kappa shape index (κ1) is 22.3. The molecule has 3 N–H and O–H groups in total. The molecule has 0 radical (unpaired) electrons. The van der Waals surface area contributed by atoms with Crippen LogP contribution in [0.25, 0.3) is 0 Å². The van der Waals surface area contributed by atoms with Crippen LogP contribution in [0.3, 0.4) is 0 Å². The van der Waals surface area contributed by atoms with Crippen molar-refractivity contribution >= 4 is 38.1 Å². The highest BCUT2D eigenvalue weighted by atomic mass is 32.2. The summed E-state index contributed by atoms with van der Waals surface area (Å²) in [6, 6.07) is 15.5. The lowest BCUT2D eigenvalue weighted by atomic mass is 10.1. The van der Waals surface area contributed by atoms with Gasteiger partial charge in [-0.25, -0.2) is 13.4 Å². The van der Waals surface area contributed by atoms with Crippen molar-refractivity contribution in [3.8, 4) is 5.75 Å². The SMILES string of the molecule is COc1ccccc1C(=O)c1sc(NC2CCN(S(=O)(=O)c3ccccc3)CC2)nc1N. The van der Waals surface area contributed by atoms with Gasteiger partial charge in [0, 0.05) is 19.1 Å². The lowest BCUT2D eigenvalue weighted by molar-refractivity contribution is 0.104. The number of nitrogens with one attached hydrogen (secondary N) is 1. The van der Waals surface area contributed by atoms with E-state index in [0.29, 0.717) is 52.1 Å². The number of rotatable bonds is 7. The number of ether oxygens (including phenoxy) is 1. The molecule has 0 spiro atoms. The minimum absolute atomic E-state index is 0.0389. The van der Waals surface area contributed by atoms with Crippen LogP contribution in [0.1, 0.15) is 28.1 Å². The molecule has 1 aliphatic heterocycles. The number of hydrogen-bond acceptors (Lipinski definition) is 8. The second-order valence-corrected chi connectivity index (χ2v) is 10.3. The molecule has 1 saturated heterocycles. The van der Waals surface area contributed by atoms with Crippen molar-refractivity contribution in [1.82, 2.24) is 9.29 Å². The van der Waals surface area contributed by atoms with Gasteiger partial charge in [0.15, 0.2) is 5.13 Å². The number of thiazole rings is 1. The zero-order chi connectivity index (χ0) is 22.7. The van der Waals surface area contributed by atoms with Gasteiger partial charge in [-0.05, 0) is 37.1 Å².